The Morgan fingerprint density at radius 3 is 2.48 bits per heavy atom. The van der Waals surface area contributed by atoms with Crippen LogP contribution in [0.4, 0.5) is 32.2 Å². The molecular formula is C37H37F6N7O2. The number of anilines is 1. The number of nitrogens with zero attached hydrogens (tertiary/aromatic N) is 4. The van der Waals surface area contributed by atoms with Crippen LogP contribution in [0.2, 0.25) is 0 Å². The van der Waals surface area contributed by atoms with Gasteiger partial charge in [0.25, 0.3) is 12.3 Å². The molecule has 1 aliphatic rings. The highest BCUT2D eigenvalue weighted by Crippen LogP contribution is 2.43. The molecule has 4 N–H and O–H groups in total. The van der Waals surface area contributed by atoms with Crippen LogP contribution in [0.15, 0.2) is 53.5 Å². The average Bonchev–Trinajstić information content (AvgIpc) is 3.52. The summed E-state index contributed by atoms with van der Waals surface area (Å²) < 4.78 is 87.6. The monoisotopic (exact) mass is 725 g/mol. The molecule has 1 amide bonds. The van der Waals surface area contributed by atoms with E-state index in [0.717, 1.165) is 24.4 Å². The maximum absolute atomic E-state index is 15.1. The number of hydrogen-bond donors (Lipinski definition) is 4. The highest BCUT2D eigenvalue weighted by Gasteiger charge is 2.54. The van der Waals surface area contributed by atoms with Gasteiger partial charge >= 0.3 is 0 Å². The van der Waals surface area contributed by atoms with Crippen molar-refractivity contribution in [2.75, 3.05) is 18.9 Å². The van der Waals surface area contributed by atoms with Crippen molar-refractivity contribution in [3.8, 4) is 23.0 Å². The lowest BCUT2D eigenvalue weighted by atomic mass is 9.93. The minimum atomic E-state index is -3.64. The van der Waals surface area contributed by atoms with E-state index in [0.29, 0.717) is 28.5 Å². The first-order valence-electron chi connectivity index (χ1n) is 16.3. The Hall–Kier alpha value is -5.23. The van der Waals surface area contributed by atoms with Gasteiger partial charge in [0.05, 0.1) is 28.7 Å². The fraction of sp³-hybridized carbons (Fsp3) is 0.378. The fourth-order valence-corrected chi connectivity index (χ4v) is 6.31. The number of benzene rings is 2. The molecule has 9 nitrogen and oxygen atoms in total. The molecule has 0 aliphatic heterocycles. The third-order valence-corrected chi connectivity index (χ3v) is 8.72. The molecule has 15 heteroatoms. The topological polar surface area (TPSA) is 128 Å². The van der Waals surface area contributed by atoms with Gasteiger partial charge in [0.1, 0.15) is 29.5 Å². The lowest BCUT2D eigenvalue weighted by Crippen LogP contribution is -2.37. The first kappa shape index (κ1) is 38.0. The minimum absolute atomic E-state index is 0.118. The van der Waals surface area contributed by atoms with Crippen molar-refractivity contribution in [2.24, 2.45) is 23.9 Å². The molecule has 2 aromatic carbocycles. The second kappa shape index (κ2) is 14.8. The number of halogens is 6. The number of para-hydroxylation sites is 1. The van der Waals surface area contributed by atoms with Crippen LogP contribution in [0, 0.1) is 40.7 Å². The number of carbonyl (C=O) groups excluding carboxylic acids is 1. The molecule has 4 aromatic rings. The van der Waals surface area contributed by atoms with Gasteiger partial charge in [-0.2, -0.15) is 13.9 Å². The van der Waals surface area contributed by atoms with Gasteiger partial charge in [0.15, 0.2) is 5.82 Å². The molecular weight excluding hydrogens is 688 g/mol. The summed E-state index contributed by atoms with van der Waals surface area (Å²) in [6.07, 6.45) is -3.97. The fourth-order valence-electron chi connectivity index (χ4n) is 6.31. The van der Waals surface area contributed by atoms with Crippen molar-refractivity contribution in [1.29, 1.82) is 5.41 Å². The van der Waals surface area contributed by atoms with Crippen molar-refractivity contribution in [3.63, 3.8) is 0 Å². The van der Waals surface area contributed by atoms with Crippen LogP contribution in [0.1, 0.15) is 50.2 Å². The van der Waals surface area contributed by atoms with Gasteiger partial charge in [-0.3, -0.25) is 14.5 Å². The molecule has 5 rings (SSSR count). The van der Waals surface area contributed by atoms with Crippen LogP contribution in [0.5, 0.6) is 0 Å². The predicted molar refractivity (Wildman–Crippen MR) is 186 cm³/mol. The molecule has 274 valence electrons. The summed E-state index contributed by atoms with van der Waals surface area (Å²) in [5.41, 5.74) is -1.38. The Morgan fingerprint density at radius 1 is 1.15 bits per heavy atom. The number of aliphatic hydroxyl groups is 1. The number of aryl methyl sites for hydroxylation is 1. The Labute approximate surface area is 296 Å². The Balaban J connectivity index is 1.65. The maximum atomic E-state index is 15.1. The number of hydrogen-bond acceptors (Lipinski definition) is 7. The highest BCUT2D eigenvalue weighted by molar-refractivity contribution is 6.12. The zero-order valence-electron chi connectivity index (χ0n) is 29.0. The van der Waals surface area contributed by atoms with Crippen molar-refractivity contribution < 1.29 is 36.2 Å². The summed E-state index contributed by atoms with van der Waals surface area (Å²) in [5, 5.41) is 29.0. The van der Waals surface area contributed by atoms with Gasteiger partial charge in [-0.1, -0.05) is 25.0 Å². The van der Waals surface area contributed by atoms with Gasteiger partial charge in [-0.25, -0.2) is 22.5 Å². The quantitative estimate of drug-likeness (QED) is 0.0844. The maximum Gasteiger partial charge on any atom is 0.288 e. The number of alkyl halides is 4. The predicted octanol–water partition coefficient (Wildman–Crippen LogP) is 6.49. The summed E-state index contributed by atoms with van der Waals surface area (Å²) in [6.45, 7) is 3.19. The molecule has 3 atom stereocenters. The molecule has 1 fully saturated rings. The number of fused-ring (bicyclic) bond motifs is 1. The van der Waals surface area contributed by atoms with E-state index in [1.54, 1.807) is 43.0 Å². The summed E-state index contributed by atoms with van der Waals surface area (Å²) in [7, 11) is 3.45. The van der Waals surface area contributed by atoms with E-state index in [2.05, 4.69) is 32.6 Å². The normalized spacial score (nSPS) is 18.4. The lowest BCUT2D eigenvalue weighted by Gasteiger charge is -2.23. The number of nitrogens with one attached hydrogen (secondary N) is 3. The number of amides is 1. The SMILES string of the molecule is CNc1nn(C)c2c(-c3ccc(C#CC(C)(C)O)nc3C(Cc3cc(F)cc(F)c3)NC(=O)CN=C3C(C(=N)C(F)F)CC(C)C3(F)F)cccc12. The molecule has 1 aliphatic carbocycles. The zero-order chi connectivity index (χ0) is 38.1. The Kier molecular flexibility index (Phi) is 10.8. The van der Waals surface area contributed by atoms with E-state index < -0.39 is 77.8 Å². The van der Waals surface area contributed by atoms with Crippen LogP contribution < -0.4 is 10.6 Å². The summed E-state index contributed by atoms with van der Waals surface area (Å²) in [6, 6.07) is 10.4. The second-order valence-electron chi connectivity index (χ2n) is 13.2. The molecule has 2 heterocycles. The number of rotatable bonds is 10. The smallest absolute Gasteiger partial charge is 0.288 e. The highest BCUT2D eigenvalue weighted by atomic mass is 19.3. The minimum Gasteiger partial charge on any atom is -0.378 e. The van der Waals surface area contributed by atoms with Crippen molar-refractivity contribution in [1.82, 2.24) is 20.1 Å². The lowest BCUT2D eigenvalue weighted by molar-refractivity contribution is -0.120. The van der Waals surface area contributed by atoms with Gasteiger partial charge in [0.2, 0.25) is 5.91 Å². The largest absolute Gasteiger partial charge is 0.378 e. The molecule has 0 spiro atoms. The van der Waals surface area contributed by atoms with E-state index in [-0.39, 0.29) is 23.4 Å². The van der Waals surface area contributed by atoms with Gasteiger partial charge < -0.3 is 21.1 Å². The molecule has 2 aromatic heterocycles. The number of aromatic nitrogens is 3. The van der Waals surface area contributed by atoms with E-state index >= 15 is 8.78 Å². The standard InChI is InChI=1S/C37H37F6N7O2/c1-19-13-27(30(44)34(40)41)33(37(19,42)43)46-18-29(51)48-28(16-20-14-21(38)17-22(39)15-20)31-24(10-9-23(47-31)11-12-36(2,3)52)25-7-6-8-26-32(25)50(5)49-35(26)45-4/h6-10,14-15,17,19,27-28,34,44,52H,13,16,18H2,1-5H3,(H,45,49)(H,48,51). The molecule has 52 heavy (non-hydrogen) atoms. The summed E-state index contributed by atoms with van der Waals surface area (Å²) >= 11 is 0. The molecule has 0 bridgehead atoms. The van der Waals surface area contributed by atoms with Crippen molar-refractivity contribution >= 4 is 34.1 Å². The van der Waals surface area contributed by atoms with E-state index in [4.69, 9.17) is 10.4 Å². The number of pyridine rings is 1. The van der Waals surface area contributed by atoms with E-state index in [1.165, 1.54) is 13.8 Å². The molecule has 3 unspecified atom stereocenters. The third kappa shape index (κ3) is 8.12. The van der Waals surface area contributed by atoms with Crippen LogP contribution >= 0.6 is 0 Å². The molecule has 0 radical (unpaired) electrons. The zero-order valence-corrected chi connectivity index (χ0v) is 29.0. The van der Waals surface area contributed by atoms with E-state index in [1.807, 2.05) is 6.07 Å². The van der Waals surface area contributed by atoms with Crippen LogP contribution in [-0.4, -0.2) is 68.7 Å². The van der Waals surface area contributed by atoms with Crippen molar-refractivity contribution in [3.05, 3.63) is 77.1 Å². The summed E-state index contributed by atoms with van der Waals surface area (Å²) in [5.74, 6) is -3.32. The van der Waals surface area contributed by atoms with Gasteiger partial charge in [0, 0.05) is 48.5 Å². The molecule has 1 saturated carbocycles. The third-order valence-electron chi connectivity index (χ3n) is 8.72. The Morgan fingerprint density at radius 2 is 1.85 bits per heavy atom. The van der Waals surface area contributed by atoms with Gasteiger partial charge in [-0.15, -0.1) is 0 Å². The van der Waals surface area contributed by atoms with Crippen LogP contribution in [0.3, 0.4) is 0 Å². The van der Waals surface area contributed by atoms with Crippen molar-refractivity contribution in [2.45, 2.75) is 57.6 Å². The summed E-state index contributed by atoms with van der Waals surface area (Å²) in [4.78, 5) is 22.1. The van der Waals surface area contributed by atoms with Gasteiger partial charge in [-0.05, 0) is 68.5 Å². The van der Waals surface area contributed by atoms with E-state index in [9.17, 15) is 27.5 Å². The molecule has 0 saturated heterocycles. The van der Waals surface area contributed by atoms with Crippen LogP contribution in [-0.2, 0) is 18.3 Å². The Bertz CT molecular complexity index is 2090. The second-order valence-corrected chi connectivity index (χ2v) is 13.2. The first-order valence-corrected chi connectivity index (χ1v) is 16.3. The first-order chi connectivity index (χ1) is 24.4. The average molecular weight is 726 g/mol. The number of aliphatic imine (C=N–C) groups is 1. The number of carbonyl (C=O) groups is 1. The van der Waals surface area contributed by atoms with Crippen LogP contribution in [0.25, 0.3) is 22.0 Å².